The number of rotatable bonds is 12. The molecule has 0 amide bonds. The van der Waals surface area contributed by atoms with Gasteiger partial charge in [-0.3, -0.25) is 47.4 Å². The van der Waals surface area contributed by atoms with Crippen molar-refractivity contribution in [3.63, 3.8) is 0 Å². The number of hydrogen-bond acceptors (Lipinski definition) is 18. The number of aliphatic hydroxyl groups excluding tert-OH is 1. The molecule has 16 rings (SSSR count). The number of benzene rings is 1. The minimum Gasteiger partial charge on any atom is -0.481 e. The first-order valence-corrected chi connectivity index (χ1v) is 32.6. The lowest BCUT2D eigenvalue weighted by Crippen LogP contribution is -2.48. The summed E-state index contributed by atoms with van der Waals surface area (Å²) in [4.78, 5) is 83.6. The highest BCUT2D eigenvalue weighted by molar-refractivity contribution is 6.35. The molecule has 2 saturated carbocycles. The maximum atomic E-state index is 12.9. The number of halogens is 1. The number of hydrogen-bond donors (Lipinski definition) is 7. The Balaban J connectivity index is 0.000000123. The van der Waals surface area contributed by atoms with Crippen LogP contribution in [0.1, 0.15) is 133 Å². The van der Waals surface area contributed by atoms with Gasteiger partial charge >= 0.3 is 5.97 Å². The number of ketones is 2. The number of pyridine rings is 2. The maximum absolute atomic E-state index is 12.9. The number of H-pyrrole nitrogens is 2. The number of carbonyl (C=O) groups is 3. The number of para-hydroxylation sites is 1. The second-order valence-corrected chi connectivity index (χ2v) is 25.9. The van der Waals surface area contributed by atoms with Crippen molar-refractivity contribution in [3.05, 3.63) is 161 Å². The Morgan fingerprint density at radius 3 is 2.00 bits per heavy atom. The summed E-state index contributed by atoms with van der Waals surface area (Å²) in [6.45, 7) is 3.58. The van der Waals surface area contributed by atoms with E-state index in [1.807, 2.05) is 120 Å². The van der Waals surface area contributed by atoms with Crippen LogP contribution >= 0.6 is 11.6 Å². The fraction of sp³-hybridized carbons (Fsp3) is 0.329. The monoisotopic (exact) mass is 1300 g/mol. The van der Waals surface area contributed by atoms with Crippen LogP contribution in [0.25, 0.3) is 78.9 Å². The number of aryl methyl sites for hydroxylation is 1. The number of fused-ring (bicyclic) bond motifs is 6. The Bertz CT molecular complexity index is 4870. The lowest BCUT2D eigenvalue weighted by molar-refractivity contribution is -0.142. The van der Waals surface area contributed by atoms with Crippen LogP contribution in [0.3, 0.4) is 0 Å². The number of nitrogens with two attached hydrogens (primary N) is 3. The number of carboxylic acids is 1. The summed E-state index contributed by atoms with van der Waals surface area (Å²) in [6.07, 6.45) is 26.4. The molecule has 3 fully saturated rings. The van der Waals surface area contributed by atoms with Gasteiger partial charge in [0.05, 0.1) is 27.8 Å². The predicted octanol–water partition coefficient (Wildman–Crippen LogP) is 11.3. The molecule has 10 N–H and O–H groups in total. The summed E-state index contributed by atoms with van der Waals surface area (Å²) < 4.78 is 12.2. The third-order valence-corrected chi connectivity index (χ3v) is 19.6. The third kappa shape index (κ3) is 12.1. The van der Waals surface area contributed by atoms with Gasteiger partial charge in [-0.25, -0.2) is 29.9 Å². The lowest BCUT2D eigenvalue weighted by Gasteiger charge is -2.37. The molecule has 11 aromatic heterocycles. The Hall–Kier alpha value is -10.1. The minimum absolute atomic E-state index is 0.0665. The number of nitrogen functional groups attached to an aromatic ring is 3. The van der Waals surface area contributed by atoms with E-state index in [-0.39, 0.29) is 41.2 Å². The summed E-state index contributed by atoms with van der Waals surface area (Å²) in [7, 11) is 3.76. The molecule has 95 heavy (non-hydrogen) atoms. The highest BCUT2D eigenvalue weighted by Gasteiger charge is 2.35. The number of anilines is 3. The number of aliphatic carboxylic acids is 1. The largest absolute Gasteiger partial charge is 0.481 e. The molecule has 1 aromatic carbocycles. The van der Waals surface area contributed by atoms with Gasteiger partial charge in [-0.2, -0.15) is 0 Å². The molecule has 4 aliphatic rings. The van der Waals surface area contributed by atoms with Crippen molar-refractivity contribution in [3.8, 4) is 34.2 Å². The van der Waals surface area contributed by atoms with Gasteiger partial charge in [0.15, 0.2) is 23.5 Å². The quantitative estimate of drug-likeness (QED) is 0.0559. The summed E-state index contributed by atoms with van der Waals surface area (Å²) in [5.74, 6) is 4.76. The molecule has 1 saturated heterocycles. The summed E-state index contributed by atoms with van der Waals surface area (Å²) in [6, 6.07) is 19.1. The number of piperidine rings is 1. The summed E-state index contributed by atoms with van der Waals surface area (Å²) in [5.41, 5.74) is 30.6. The Labute approximate surface area is 550 Å². The van der Waals surface area contributed by atoms with Crippen molar-refractivity contribution < 1.29 is 29.0 Å². The van der Waals surface area contributed by atoms with Gasteiger partial charge in [0.2, 0.25) is 0 Å². The number of aromatic amines is 2. The summed E-state index contributed by atoms with van der Waals surface area (Å²) in [5, 5.41) is 21.3. The first kappa shape index (κ1) is 62.3. The highest BCUT2D eigenvalue weighted by Crippen LogP contribution is 2.43. The van der Waals surface area contributed by atoms with E-state index in [1.54, 1.807) is 37.2 Å². The van der Waals surface area contributed by atoms with Crippen molar-refractivity contribution >= 4 is 91.2 Å². The average Bonchev–Trinajstić information content (AvgIpc) is 1.62. The minimum atomic E-state index is -0.707. The zero-order valence-electron chi connectivity index (χ0n) is 52.9. The van der Waals surface area contributed by atoms with Gasteiger partial charge in [0.1, 0.15) is 79.9 Å². The van der Waals surface area contributed by atoms with Crippen molar-refractivity contribution in [2.75, 3.05) is 44.4 Å². The Morgan fingerprint density at radius 1 is 0.705 bits per heavy atom. The molecule has 0 spiro atoms. The van der Waals surface area contributed by atoms with Crippen molar-refractivity contribution in [1.29, 1.82) is 0 Å². The maximum Gasteiger partial charge on any atom is 0.306 e. The number of nitrogens with zero attached hydrogens (tertiary/aromatic N) is 13. The summed E-state index contributed by atoms with van der Waals surface area (Å²) >= 11 is 6.36. The van der Waals surface area contributed by atoms with E-state index in [2.05, 4.69) is 44.2 Å². The fourth-order valence-electron chi connectivity index (χ4n) is 14.3. The number of furan rings is 1. The standard InChI is InChI=1S/C27H26N6O2.C22H22ClN5O2.C21H25N7O2/c28-26-25-24(21-14-19-20(31-21)4-1-5-22(19)34)32-27(33(25)12-11-30-26)18-8-6-17(7-9-18)23(35)13-16-3-2-10-29-15-16;1-11-10-25-20(24)19-18(16-9-14-3-2-4-15(23)17(14)26-16)27-21(28(11)19)12-5-7-13(8-6-12)22(29)30;1-26(2)21(29)27-9-5-13(6-10-27)20-25-17(18-19(22)24-8-11-28(18)20)16-12-14-15(30-16)4-3-7-23-14/h1-4,10-12,14-15,17-18,31H,5-9,13H2,(H2,28,30);2-4,9-10,12-13,26H,5-8H2,1H3,(H2,24,25)(H,29,30);3-4,7-8,11-13,21,29H,5-6,9-10H2,1-2H3,(H2,22,24). The van der Waals surface area contributed by atoms with E-state index in [4.69, 9.17) is 48.2 Å². The molecule has 0 bridgehead atoms. The predicted molar refractivity (Wildman–Crippen MR) is 363 cm³/mol. The van der Waals surface area contributed by atoms with Crippen LogP contribution in [0.4, 0.5) is 17.5 Å². The second kappa shape index (κ2) is 26.0. The van der Waals surface area contributed by atoms with Crippen LogP contribution in [-0.2, 0) is 16.0 Å². The molecule has 24 nitrogen and oxygen atoms in total. The van der Waals surface area contributed by atoms with E-state index in [0.29, 0.717) is 76.5 Å². The van der Waals surface area contributed by atoms with E-state index >= 15 is 0 Å². The van der Waals surface area contributed by atoms with Gasteiger partial charge < -0.3 is 41.8 Å². The van der Waals surface area contributed by atoms with Crippen LogP contribution in [0.15, 0.2) is 121 Å². The molecule has 486 valence electrons. The van der Waals surface area contributed by atoms with Gasteiger partial charge in [-0.15, -0.1) is 0 Å². The first-order chi connectivity index (χ1) is 46.0. The lowest BCUT2D eigenvalue weighted by atomic mass is 9.78. The first-order valence-electron chi connectivity index (χ1n) is 32.2. The molecule has 1 aliphatic heterocycles. The number of Topliss-reactive ketones (excluding diaryl/α,β-unsaturated/α-hetero) is 2. The normalized spacial score (nSPS) is 18.9. The van der Waals surface area contributed by atoms with Gasteiger partial charge in [0.25, 0.3) is 0 Å². The van der Waals surface area contributed by atoms with Crippen molar-refractivity contribution in [2.24, 2.45) is 11.8 Å². The topological polar surface area (TPSA) is 337 Å². The van der Waals surface area contributed by atoms with Gasteiger partial charge in [-0.05, 0) is 133 Å². The molecular formula is C70H73ClN18O6. The smallest absolute Gasteiger partial charge is 0.306 e. The Kier molecular flexibility index (Phi) is 17.0. The molecule has 12 aromatic rings. The van der Waals surface area contributed by atoms with Crippen LogP contribution < -0.4 is 17.2 Å². The van der Waals surface area contributed by atoms with Crippen molar-refractivity contribution in [1.82, 2.24) is 72.8 Å². The van der Waals surface area contributed by atoms with Crippen LogP contribution in [0.5, 0.6) is 0 Å². The number of nitrogens with one attached hydrogen (secondary N) is 2. The Morgan fingerprint density at radius 2 is 1.34 bits per heavy atom. The third-order valence-electron chi connectivity index (χ3n) is 19.3. The van der Waals surface area contributed by atoms with Gasteiger partial charge in [-0.1, -0.05) is 35.9 Å². The molecular weight excluding hydrogens is 1220 g/mol. The van der Waals surface area contributed by atoms with Crippen LogP contribution in [0, 0.1) is 18.8 Å². The number of allylic oxidation sites excluding steroid dienone is 1. The number of carboxylic acid groups (broad SMARTS) is 1. The van der Waals surface area contributed by atoms with E-state index in [1.165, 1.54) is 0 Å². The SMILES string of the molecule is CN(C)C(O)N1CCC(c2nc(-c3cc4ncccc4o3)c3c(N)nccn23)CC1.Cc1cnc(N)c2c(-c3cc4cccc(Cl)c4[nH]3)nc(C3CCC(C(=O)O)CC3)n12.Nc1nccn2c(C3CCC(C(=O)Cc4cccnc4)CC3)nc(-c3cc4c([nH]3)C=CCC4=O)c12. The van der Waals surface area contributed by atoms with E-state index in [0.717, 1.165) is 149 Å². The molecule has 0 radical (unpaired) electrons. The van der Waals surface area contributed by atoms with E-state index < -0.39 is 12.3 Å². The molecule has 25 heteroatoms. The number of likely N-dealkylation sites (tertiary alicyclic amines) is 1. The molecule has 3 aliphatic carbocycles. The van der Waals surface area contributed by atoms with Crippen LogP contribution in [-0.4, -0.2) is 134 Å². The zero-order chi connectivity index (χ0) is 65.8. The molecule has 1 atom stereocenters. The molecule has 12 heterocycles. The van der Waals surface area contributed by atoms with Crippen molar-refractivity contribution in [2.45, 2.75) is 108 Å². The number of aliphatic hydroxyl groups is 1. The van der Waals surface area contributed by atoms with Gasteiger partial charge in [0, 0.05) is 128 Å². The highest BCUT2D eigenvalue weighted by atomic mass is 35.5. The fourth-order valence-corrected chi connectivity index (χ4v) is 14.5. The number of aromatic nitrogens is 13. The molecule has 1 unspecified atom stereocenters. The number of carbonyl (C=O) groups excluding carboxylic acids is 2. The number of imidazole rings is 3. The second-order valence-electron chi connectivity index (χ2n) is 25.5. The van der Waals surface area contributed by atoms with Crippen LogP contribution in [0.2, 0.25) is 5.02 Å². The average molecular weight is 1300 g/mol. The zero-order valence-corrected chi connectivity index (χ0v) is 53.6. The van der Waals surface area contributed by atoms with E-state index in [9.17, 15) is 24.6 Å².